The Morgan fingerprint density at radius 2 is 0.930 bits per heavy atom. The van der Waals surface area contributed by atoms with Crippen LogP contribution >= 0.6 is 0 Å². The Morgan fingerprint density at radius 3 is 1.42 bits per heavy atom. The third-order valence-electron chi connectivity index (χ3n) is 8.01. The van der Waals surface area contributed by atoms with Crippen molar-refractivity contribution in [3.8, 4) is 0 Å². The zero-order valence-electron chi connectivity index (χ0n) is 28.5. The second-order valence-electron chi connectivity index (χ2n) is 12.3. The summed E-state index contributed by atoms with van der Waals surface area (Å²) in [6, 6.07) is -0.647. The normalized spacial score (nSPS) is 13.7. The minimum absolute atomic E-state index is 0.0918. The lowest BCUT2D eigenvalue weighted by Gasteiger charge is -2.19. The smallest absolute Gasteiger partial charge is 0.220 e. The van der Waals surface area contributed by atoms with Gasteiger partial charge in [0.25, 0.3) is 0 Å². The first-order chi connectivity index (χ1) is 21.2. The molecule has 2 atom stereocenters. The second-order valence-corrected chi connectivity index (χ2v) is 12.3. The summed E-state index contributed by atoms with van der Waals surface area (Å²) in [5.74, 6) is -0.0918. The summed E-state index contributed by atoms with van der Waals surface area (Å²) in [4.78, 5) is 12.3. The van der Waals surface area contributed by atoms with Crippen LogP contribution in [-0.4, -0.2) is 34.9 Å². The number of aliphatic hydroxyl groups is 2. The Balaban J connectivity index is 3.72. The molecule has 0 saturated carbocycles. The molecule has 2 unspecified atom stereocenters. The van der Waals surface area contributed by atoms with Crippen molar-refractivity contribution in [2.24, 2.45) is 0 Å². The molecular formula is C39H71NO3. The van der Waals surface area contributed by atoms with Gasteiger partial charge in [0.1, 0.15) is 0 Å². The zero-order valence-corrected chi connectivity index (χ0v) is 28.5. The maximum absolute atomic E-state index is 12.3. The number of hydrogen-bond acceptors (Lipinski definition) is 3. The Labute approximate surface area is 267 Å². The number of amides is 1. The lowest BCUT2D eigenvalue weighted by Crippen LogP contribution is -2.45. The SMILES string of the molecule is CCCC/C=C\CCCCCCCC(=O)NC(CO)C(O)/C=C/CC/C=C/CC/C=C/CCCCCCCCCCCC. The van der Waals surface area contributed by atoms with Gasteiger partial charge in [-0.05, 0) is 64.2 Å². The number of unbranched alkanes of at least 4 members (excludes halogenated alkanes) is 19. The number of carbonyl (C=O) groups is 1. The lowest BCUT2D eigenvalue weighted by molar-refractivity contribution is -0.123. The average Bonchev–Trinajstić information content (AvgIpc) is 3.01. The molecule has 0 aliphatic heterocycles. The van der Waals surface area contributed by atoms with Crippen LogP contribution in [0.25, 0.3) is 0 Å². The van der Waals surface area contributed by atoms with Gasteiger partial charge >= 0.3 is 0 Å². The second kappa shape index (κ2) is 34.8. The highest BCUT2D eigenvalue weighted by Gasteiger charge is 2.17. The van der Waals surface area contributed by atoms with Crippen LogP contribution in [0.3, 0.4) is 0 Å². The van der Waals surface area contributed by atoms with Crippen molar-refractivity contribution in [3.63, 3.8) is 0 Å². The van der Waals surface area contributed by atoms with Crippen molar-refractivity contribution in [3.05, 3.63) is 48.6 Å². The van der Waals surface area contributed by atoms with Crippen LogP contribution < -0.4 is 5.32 Å². The highest BCUT2D eigenvalue weighted by molar-refractivity contribution is 5.76. The van der Waals surface area contributed by atoms with Crippen LogP contribution in [0.1, 0.15) is 174 Å². The minimum Gasteiger partial charge on any atom is -0.394 e. The van der Waals surface area contributed by atoms with Crippen LogP contribution in [0.15, 0.2) is 48.6 Å². The van der Waals surface area contributed by atoms with E-state index < -0.39 is 12.1 Å². The fourth-order valence-corrected chi connectivity index (χ4v) is 5.13. The largest absolute Gasteiger partial charge is 0.394 e. The van der Waals surface area contributed by atoms with Gasteiger partial charge < -0.3 is 15.5 Å². The number of allylic oxidation sites excluding steroid dienone is 7. The summed E-state index contributed by atoms with van der Waals surface area (Å²) in [5.41, 5.74) is 0. The lowest BCUT2D eigenvalue weighted by atomic mass is 10.1. The summed E-state index contributed by atoms with van der Waals surface area (Å²) in [5, 5.41) is 22.8. The highest BCUT2D eigenvalue weighted by Crippen LogP contribution is 2.12. The van der Waals surface area contributed by atoms with Crippen LogP contribution in [0.5, 0.6) is 0 Å². The molecule has 0 aromatic rings. The molecule has 0 rings (SSSR count). The zero-order chi connectivity index (χ0) is 31.5. The molecule has 43 heavy (non-hydrogen) atoms. The van der Waals surface area contributed by atoms with Crippen LogP contribution in [0.4, 0.5) is 0 Å². The third kappa shape index (κ3) is 31.6. The van der Waals surface area contributed by atoms with Crippen molar-refractivity contribution in [2.75, 3.05) is 6.61 Å². The van der Waals surface area contributed by atoms with E-state index in [0.717, 1.165) is 51.4 Å². The number of hydrogen-bond donors (Lipinski definition) is 3. The summed E-state index contributed by atoms with van der Waals surface area (Å²) in [6.07, 6.45) is 46.3. The summed E-state index contributed by atoms with van der Waals surface area (Å²) in [7, 11) is 0. The third-order valence-corrected chi connectivity index (χ3v) is 8.01. The number of nitrogens with one attached hydrogen (secondary N) is 1. The van der Waals surface area contributed by atoms with Crippen molar-refractivity contribution in [1.29, 1.82) is 0 Å². The molecule has 1 amide bonds. The first-order valence-electron chi connectivity index (χ1n) is 18.4. The molecule has 4 nitrogen and oxygen atoms in total. The van der Waals surface area contributed by atoms with Gasteiger partial charge in [0.2, 0.25) is 5.91 Å². The highest BCUT2D eigenvalue weighted by atomic mass is 16.3. The molecule has 3 N–H and O–H groups in total. The van der Waals surface area contributed by atoms with E-state index >= 15 is 0 Å². The molecule has 0 bridgehead atoms. The van der Waals surface area contributed by atoms with Gasteiger partial charge in [-0.3, -0.25) is 4.79 Å². The van der Waals surface area contributed by atoms with E-state index in [1.807, 2.05) is 6.08 Å². The quantitative estimate of drug-likeness (QED) is 0.0530. The predicted molar refractivity (Wildman–Crippen MR) is 188 cm³/mol. The van der Waals surface area contributed by atoms with Gasteiger partial charge in [-0.15, -0.1) is 0 Å². The van der Waals surface area contributed by atoms with E-state index in [1.165, 1.54) is 103 Å². The van der Waals surface area contributed by atoms with Gasteiger partial charge in [0, 0.05) is 6.42 Å². The Bertz CT molecular complexity index is 697. The van der Waals surface area contributed by atoms with E-state index in [9.17, 15) is 15.0 Å². The Kier molecular flexibility index (Phi) is 33.5. The molecule has 0 aliphatic carbocycles. The van der Waals surface area contributed by atoms with E-state index in [-0.39, 0.29) is 12.5 Å². The van der Waals surface area contributed by atoms with Crippen molar-refractivity contribution in [2.45, 2.75) is 187 Å². The van der Waals surface area contributed by atoms with Crippen molar-refractivity contribution in [1.82, 2.24) is 5.32 Å². The van der Waals surface area contributed by atoms with Crippen molar-refractivity contribution < 1.29 is 15.0 Å². The van der Waals surface area contributed by atoms with Gasteiger partial charge in [-0.1, -0.05) is 152 Å². The van der Waals surface area contributed by atoms with E-state index in [2.05, 4.69) is 55.6 Å². The van der Waals surface area contributed by atoms with E-state index in [0.29, 0.717) is 6.42 Å². The van der Waals surface area contributed by atoms with Gasteiger partial charge in [-0.2, -0.15) is 0 Å². The molecule has 0 heterocycles. The fraction of sp³-hybridized carbons (Fsp3) is 0.769. The molecule has 0 saturated heterocycles. The number of rotatable bonds is 32. The molecule has 0 aromatic heterocycles. The molecule has 4 heteroatoms. The summed E-state index contributed by atoms with van der Waals surface area (Å²) < 4.78 is 0. The number of carbonyl (C=O) groups excluding carboxylic acids is 1. The summed E-state index contributed by atoms with van der Waals surface area (Å²) >= 11 is 0. The average molecular weight is 602 g/mol. The van der Waals surface area contributed by atoms with Gasteiger partial charge in [0.15, 0.2) is 0 Å². The standard InChI is InChI=1S/C39H71NO3/c1-3-5-7-9-11-13-15-16-17-18-19-20-21-22-23-25-26-28-30-32-34-38(42)37(36-41)40-39(43)35-33-31-29-27-24-14-12-10-8-6-4-2/h10,12,20-21,25-26,32,34,37-38,41-42H,3-9,11,13-19,22-24,27-31,33,35-36H2,1-2H3,(H,40,43)/b12-10-,21-20+,26-25+,34-32+. The van der Waals surface area contributed by atoms with E-state index in [4.69, 9.17) is 0 Å². The molecule has 250 valence electrons. The first-order valence-corrected chi connectivity index (χ1v) is 18.4. The van der Waals surface area contributed by atoms with E-state index in [1.54, 1.807) is 6.08 Å². The van der Waals surface area contributed by atoms with Crippen LogP contribution in [0, 0.1) is 0 Å². The molecule has 0 fully saturated rings. The van der Waals surface area contributed by atoms with Crippen LogP contribution in [0.2, 0.25) is 0 Å². The first kappa shape index (κ1) is 41.4. The topological polar surface area (TPSA) is 69.6 Å². The fourth-order valence-electron chi connectivity index (χ4n) is 5.13. The Morgan fingerprint density at radius 1 is 0.535 bits per heavy atom. The molecule has 0 aromatic carbocycles. The van der Waals surface area contributed by atoms with Crippen molar-refractivity contribution >= 4 is 5.91 Å². The molecular weight excluding hydrogens is 530 g/mol. The van der Waals surface area contributed by atoms with Crippen LogP contribution in [-0.2, 0) is 4.79 Å². The molecule has 0 aliphatic rings. The molecule has 0 spiro atoms. The maximum atomic E-state index is 12.3. The molecule has 0 radical (unpaired) electrons. The predicted octanol–water partition coefficient (Wildman–Crippen LogP) is 10.8. The van der Waals surface area contributed by atoms with Gasteiger partial charge in [-0.25, -0.2) is 0 Å². The maximum Gasteiger partial charge on any atom is 0.220 e. The summed E-state index contributed by atoms with van der Waals surface area (Å²) in [6.45, 7) is 4.23. The Hall–Kier alpha value is -1.65. The van der Waals surface area contributed by atoms with Gasteiger partial charge in [0.05, 0.1) is 18.8 Å². The monoisotopic (exact) mass is 602 g/mol. The number of aliphatic hydroxyl groups excluding tert-OH is 2. The minimum atomic E-state index is -0.871.